The van der Waals surface area contributed by atoms with E-state index in [2.05, 4.69) is 38.0 Å². The third-order valence-corrected chi connectivity index (χ3v) is 3.96. The van der Waals surface area contributed by atoms with Crippen LogP contribution >= 0.6 is 0 Å². The molecule has 1 heterocycles. The normalized spacial score (nSPS) is 35.4. The third kappa shape index (κ3) is 3.16. The van der Waals surface area contributed by atoms with Gasteiger partial charge in [-0.1, -0.05) is 6.92 Å². The zero-order valence-corrected chi connectivity index (χ0v) is 10.8. The van der Waals surface area contributed by atoms with Crippen LogP contribution in [0.3, 0.4) is 0 Å². The molecule has 1 rings (SSSR count). The van der Waals surface area contributed by atoms with E-state index in [0.29, 0.717) is 24.1 Å². The highest BCUT2D eigenvalue weighted by molar-refractivity contribution is 4.88. The van der Waals surface area contributed by atoms with E-state index < -0.39 is 0 Å². The molecule has 0 aliphatic carbocycles. The molecule has 1 N–H and O–H groups in total. The van der Waals surface area contributed by atoms with E-state index in [4.69, 9.17) is 4.74 Å². The lowest BCUT2D eigenvalue weighted by Gasteiger charge is -2.43. The summed E-state index contributed by atoms with van der Waals surface area (Å²) < 4.78 is 5.33. The van der Waals surface area contributed by atoms with E-state index in [1.165, 1.54) is 13.0 Å². The largest absolute Gasteiger partial charge is 0.380 e. The number of rotatable bonds is 4. The van der Waals surface area contributed by atoms with Crippen LogP contribution in [-0.2, 0) is 4.74 Å². The van der Waals surface area contributed by atoms with Gasteiger partial charge in [-0.05, 0) is 33.2 Å². The second kappa shape index (κ2) is 5.83. The first-order valence-corrected chi connectivity index (χ1v) is 6.04. The lowest BCUT2D eigenvalue weighted by molar-refractivity contribution is 0.0250. The van der Waals surface area contributed by atoms with Crippen molar-refractivity contribution in [1.29, 1.82) is 0 Å². The average molecular weight is 214 g/mol. The van der Waals surface area contributed by atoms with Crippen LogP contribution in [-0.4, -0.2) is 50.3 Å². The van der Waals surface area contributed by atoms with E-state index >= 15 is 0 Å². The minimum atomic E-state index is 0.339. The Morgan fingerprint density at radius 2 is 2.13 bits per heavy atom. The summed E-state index contributed by atoms with van der Waals surface area (Å²) in [4.78, 5) is 2.55. The molecule has 0 radical (unpaired) electrons. The van der Waals surface area contributed by atoms with E-state index in [-0.39, 0.29) is 0 Å². The van der Waals surface area contributed by atoms with Gasteiger partial charge in [-0.2, -0.15) is 0 Å². The summed E-state index contributed by atoms with van der Waals surface area (Å²) >= 11 is 0. The van der Waals surface area contributed by atoms with Crippen molar-refractivity contribution in [2.75, 3.05) is 27.2 Å². The second-order valence-electron chi connectivity index (χ2n) is 4.82. The third-order valence-electron chi connectivity index (χ3n) is 3.96. The Hall–Kier alpha value is -0.120. The quantitative estimate of drug-likeness (QED) is 0.764. The van der Waals surface area contributed by atoms with Crippen molar-refractivity contribution in [2.45, 2.75) is 45.4 Å². The van der Waals surface area contributed by atoms with Crippen molar-refractivity contribution >= 4 is 0 Å². The molecular weight excluding hydrogens is 188 g/mol. The standard InChI is InChI=1S/C12H26N2O/c1-9(15-5)8-14-7-6-12(13-4)10(2)11(14)3/h9-13H,6-8H2,1-5H3. The van der Waals surface area contributed by atoms with Gasteiger partial charge in [0, 0.05) is 32.3 Å². The minimum Gasteiger partial charge on any atom is -0.380 e. The maximum Gasteiger partial charge on any atom is 0.0670 e. The van der Waals surface area contributed by atoms with Crippen LogP contribution in [0, 0.1) is 5.92 Å². The zero-order valence-electron chi connectivity index (χ0n) is 10.8. The number of hydrogen-bond donors (Lipinski definition) is 1. The molecule has 0 bridgehead atoms. The van der Waals surface area contributed by atoms with Crippen LogP contribution in [0.25, 0.3) is 0 Å². The molecule has 1 aliphatic rings. The molecule has 3 heteroatoms. The highest BCUT2D eigenvalue weighted by Crippen LogP contribution is 2.23. The van der Waals surface area contributed by atoms with Crippen molar-refractivity contribution in [2.24, 2.45) is 5.92 Å². The molecule has 15 heavy (non-hydrogen) atoms. The first kappa shape index (κ1) is 12.9. The maximum absolute atomic E-state index is 5.33. The maximum atomic E-state index is 5.33. The van der Waals surface area contributed by atoms with Crippen molar-refractivity contribution in [3.8, 4) is 0 Å². The van der Waals surface area contributed by atoms with Crippen LogP contribution in [0.2, 0.25) is 0 Å². The van der Waals surface area contributed by atoms with Gasteiger partial charge in [-0.25, -0.2) is 0 Å². The molecule has 4 unspecified atom stereocenters. The first-order valence-electron chi connectivity index (χ1n) is 6.04. The fourth-order valence-electron chi connectivity index (χ4n) is 2.51. The Morgan fingerprint density at radius 3 is 2.67 bits per heavy atom. The summed E-state index contributed by atoms with van der Waals surface area (Å²) in [6, 6.07) is 1.32. The molecule has 3 nitrogen and oxygen atoms in total. The van der Waals surface area contributed by atoms with E-state index in [1.807, 2.05) is 0 Å². The van der Waals surface area contributed by atoms with Crippen molar-refractivity contribution in [3.63, 3.8) is 0 Å². The highest BCUT2D eigenvalue weighted by atomic mass is 16.5. The van der Waals surface area contributed by atoms with Gasteiger partial charge in [0.1, 0.15) is 0 Å². The smallest absolute Gasteiger partial charge is 0.0670 e. The zero-order chi connectivity index (χ0) is 11.4. The van der Waals surface area contributed by atoms with Gasteiger partial charge in [-0.3, -0.25) is 4.90 Å². The van der Waals surface area contributed by atoms with Gasteiger partial charge in [0.2, 0.25) is 0 Å². The Morgan fingerprint density at radius 1 is 1.47 bits per heavy atom. The summed E-state index contributed by atoms with van der Waals surface area (Å²) in [5.41, 5.74) is 0. The molecule has 0 saturated carbocycles. The lowest BCUT2D eigenvalue weighted by Crippen LogP contribution is -2.54. The predicted molar refractivity (Wildman–Crippen MR) is 64.1 cm³/mol. The molecule has 0 aromatic rings. The van der Waals surface area contributed by atoms with Gasteiger partial charge in [-0.15, -0.1) is 0 Å². The number of piperidine rings is 1. The van der Waals surface area contributed by atoms with Crippen molar-refractivity contribution in [3.05, 3.63) is 0 Å². The molecule has 4 atom stereocenters. The fraction of sp³-hybridized carbons (Fsp3) is 1.00. The van der Waals surface area contributed by atoms with Crippen LogP contribution in [0.15, 0.2) is 0 Å². The van der Waals surface area contributed by atoms with E-state index in [9.17, 15) is 0 Å². The predicted octanol–water partition coefficient (Wildman–Crippen LogP) is 1.34. The van der Waals surface area contributed by atoms with Gasteiger partial charge in [0.15, 0.2) is 0 Å². The van der Waals surface area contributed by atoms with E-state index in [1.54, 1.807) is 7.11 Å². The molecule has 90 valence electrons. The summed E-state index contributed by atoms with van der Waals surface area (Å²) in [6.45, 7) is 9.05. The summed E-state index contributed by atoms with van der Waals surface area (Å²) in [7, 11) is 3.86. The minimum absolute atomic E-state index is 0.339. The van der Waals surface area contributed by atoms with Crippen molar-refractivity contribution in [1.82, 2.24) is 10.2 Å². The topological polar surface area (TPSA) is 24.5 Å². The van der Waals surface area contributed by atoms with Crippen LogP contribution in [0.4, 0.5) is 0 Å². The van der Waals surface area contributed by atoms with Crippen LogP contribution in [0.1, 0.15) is 27.2 Å². The molecule has 0 aromatic heterocycles. The molecule has 1 fully saturated rings. The number of ether oxygens (including phenoxy) is 1. The molecular formula is C12H26N2O. The Balaban J connectivity index is 2.48. The Bertz CT molecular complexity index is 186. The number of methoxy groups -OCH3 is 1. The monoisotopic (exact) mass is 214 g/mol. The van der Waals surface area contributed by atoms with Gasteiger partial charge < -0.3 is 10.1 Å². The lowest BCUT2D eigenvalue weighted by atomic mass is 9.87. The molecule has 1 aliphatic heterocycles. The molecule has 1 saturated heterocycles. The first-order chi connectivity index (χ1) is 7.10. The van der Waals surface area contributed by atoms with Gasteiger partial charge in [0.05, 0.1) is 6.10 Å². The van der Waals surface area contributed by atoms with Gasteiger partial charge >= 0.3 is 0 Å². The molecule has 0 amide bonds. The number of likely N-dealkylation sites (tertiary alicyclic amines) is 1. The number of nitrogens with zero attached hydrogens (tertiary/aromatic N) is 1. The summed E-state index contributed by atoms with van der Waals surface area (Å²) in [6.07, 6.45) is 1.59. The van der Waals surface area contributed by atoms with E-state index in [0.717, 1.165) is 6.54 Å². The summed E-state index contributed by atoms with van der Waals surface area (Å²) in [5, 5.41) is 3.41. The Labute approximate surface area is 94.2 Å². The van der Waals surface area contributed by atoms with Crippen LogP contribution in [0.5, 0.6) is 0 Å². The number of hydrogen-bond acceptors (Lipinski definition) is 3. The molecule has 0 spiro atoms. The Kier molecular flexibility index (Phi) is 5.03. The van der Waals surface area contributed by atoms with Crippen molar-refractivity contribution < 1.29 is 4.74 Å². The number of nitrogens with one attached hydrogen (secondary N) is 1. The fourth-order valence-corrected chi connectivity index (χ4v) is 2.51. The van der Waals surface area contributed by atoms with Crippen LogP contribution < -0.4 is 5.32 Å². The highest BCUT2D eigenvalue weighted by Gasteiger charge is 2.31. The second-order valence-corrected chi connectivity index (χ2v) is 4.82. The SMILES string of the molecule is CNC1CCN(CC(C)OC)C(C)C1C. The average Bonchev–Trinajstić information content (AvgIpc) is 2.25. The molecule has 0 aromatic carbocycles. The summed E-state index contributed by atoms with van der Waals surface area (Å²) in [5.74, 6) is 0.716. The van der Waals surface area contributed by atoms with Gasteiger partial charge in [0.25, 0.3) is 0 Å².